The monoisotopic (exact) mass is 292 g/mol. The van der Waals surface area contributed by atoms with Crippen molar-refractivity contribution in [2.75, 3.05) is 23.7 Å². The van der Waals surface area contributed by atoms with Crippen LogP contribution in [0.2, 0.25) is 0 Å². The third kappa shape index (κ3) is 3.47. The number of hydrogen-bond donors (Lipinski definition) is 3. The van der Waals surface area contributed by atoms with Crippen LogP contribution in [-0.2, 0) is 16.0 Å². The van der Waals surface area contributed by atoms with E-state index in [1.165, 1.54) is 6.07 Å². The molecule has 2 amide bonds. The highest BCUT2D eigenvalue weighted by molar-refractivity contribution is 5.95. The zero-order chi connectivity index (χ0) is 15.4. The van der Waals surface area contributed by atoms with Gasteiger partial charge >= 0.3 is 0 Å². The summed E-state index contributed by atoms with van der Waals surface area (Å²) in [6, 6.07) is 2.94. The minimum absolute atomic E-state index is 0.0418. The second-order valence-corrected chi connectivity index (χ2v) is 4.64. The molecule has 21 heavy (non-hydrogen) atoms. The molecule has 112 valence electrons. The van der Waals surface area contributed by atoms with Crippen LogP contribution in [0.4, 0.5) is 17.1 Å². The Morgan fingerprint density at radius 2 is 2.19 bits per heavy atom. The molecule has 1 aromatic carbocycles. The number of rotatable bonds is 5. The summed E-state index contributed by atoms with van der Waals surface area (Å²) in [6.45, 7) is 2.25. The van der Waals surface area contributed by atoms with E-state index in [1.807, 2.05) is 0 Å². The Hall–Kier alpha value is -2.64. The summed E-state index contributed by atoms with van der Waals surface area (Å²) >= 11 is 0. The highest BCUT2D eigenvalue weighted by Gasteiger charge is 2.22. The zero-order valence-corrected chi connectivity index (χ0v) is 11.6. The fraction of sp³-hybridized carbons (Fsp3) is 0.385. The molecule has 0 saturated carbocycles. The van der Waals surface area contributed by atoms with Gasteiger partial charge in [-0.15, -0.1) is 0 Å². The number of aryl methyl sites for hydroxylation is 1. The van der Waals surface area contributed by atoms with Gasteiger partial charge in [-0.25, -0.2) is 0 Å². The number of anilines is 2. The Labute approximate surface area is 121 Å². The van der Waals surface area contributed by atoms with Crippen molar-refractivity contribution in [3.8, 4) is 0 Å². The Kier molecular flexibility index (Phi) is 4.36. The van der Waals surface area contributed by atoms with Gasteiger partial charge in [0.15, 0.2) is 0 Å². The Morgan fingerprint density at radius 3 is 2.86 bits per heavy atom. The predicted molar refractivity (Wildman–Crippen MR) is 77.2 cm³/mol. The summed E-state index contributed by atoms with van der Waals surface area (Å²) in [5.74, 6) is -0.391. The molecule has 0 atom stereocenters. The summed E-state index contributed by atoms with van der Waals surface area (Å²) in [4.78, 5) is 33.3. The number of hydrogen-bond acceptors (Lipinski definition) is 5. The van der Waals surface area contributed by atoms with Crippen LogP contribution in [-0.4, -0.2) is 29.8 Å². The highest BCUT2D eigenvalue weighted by Crippen LogP contribution is 2.33. The number of carbonyl (C=O) groups excluding carboxylic acids is 2. The van der Waals surface area contributed by atoms with Crippen molar-refractivity contribution in [1.82, 2.24) is 5.32 Å². The number of nitro benzene ring substituents is 1. The van der Waals surface area contributed by atoms with Crippen LogP contribution in [0.1, 0.15) is 18.9 Å². The first kappa shape index (κ1) is 14.8. The second-order valence-electron chi connectivity index (χ2n) is 4.64. The van der Waals surface area contributed by atoms with Crippen molar-refractivity contribution in [2.45, 2.75) is 19.8 Å². The molecule has 1 aliphatic heterocycles. The molecule has 1 aromatic rings. The molecule has 2 rings (SSSR count). The van der Waals surface area contributed by atoms with E-state index in [2.05, 4.69) is 16.0 Å². The predicted octanol–water partition coefficient (Wildman–Crippen LogP) is 1.03. The average Bonchev–Trinajstić information content (AvgIpc) is 2.44. The summed E-state index contributed by atoms with van der Waals surface area (Å²) in [5.41, 5.74) is 1.39. The minimum Gasteiger partial charge on any atom is -0.371 e. The maximum absolute atomic E-state index is 11.4. The van der Waals surface area contributed by atoms with Crippen LogP contribution in [0.5, 0.6) is 0 Å². The van der Waals surface area contributed by atoms with E-state index >= 15 is 0 Å². The minimum atomic E-state index is -0.541. The molecule has 3 N–H and O–H groups in total. The van der Waals surface area contributed by atoms with Gasteiger partial charge in [-0.3, -0.25) is 19.7 Å². The Bertz CT molecular complexity index is 600. The molecule has 0 bridgehead atoms. The Morgan fingerprint density at radius 1 is 1.43 bits per heavy atom. The van der Waals surface area contributed by atoms with Crippen molar-refractivity contribution < 1.29 is 14.5 Å². The largest absolute Gasteiger partial charge is 0.371 e. The third-order valence-electron chi connectivity index (χ3n) is 3.13. The van der Waals surface area contributed by atoms with E-state index in [-0.39, 0.29) is 29.7 Å². The number of likely N-dealkylation sites (N-methyl/N-ethyl adjacent to an activating group) is 1. The molecule has 1 aliphatic rings. The van der Waals surface area contributed by atoms with Gasteiger partial charge in [-0.2, -0.15) is 0 Å². The molecule has 0 unspecified atom stereocenters. The first-order valence-corrected chi connectivity index (χ1v) is 6.63. The second kappa shape index (κ2) is 6.21. The zero-order valence-electron chi connectivity index (χ0n) is 11.6. The number of carbonyl (C=O) groups is 2. The molecule has 0 fully saturated rings. The summed E-state index contributed by atoms with van der Waals surface area (Å²) in [6.07, 6.45) is 0.871. The third-order valence-corrected chi connectivity index (χ3v) is 3.13. The van der Waals surface area contributed by atoms with Crippen LogP contribution in [0.3, 0.4) is 0 Å². The van der Waals surface area contributed by atoms with Crippen LogP contribution < -0.4 is 16.0 Å². The normalized spacial score (nSPS) is 13.1. The lowest BCUT2D eigenvalue weighted by Crippen LogP contribution is -2.29. The van der Waals surface area contributed by atoms with Gasteiger partial charge < -0.3 is 16.0 Å². The molecule has 1 heterocycles. The van der Waals surface area contributed by atoms with Crippen LogP contribution >= 0.6 is 0 Å². The van der Waals surface area contributed by atoms with Crippen molar-refractivity contribution in [3.05, 3.63) is 27.8 Å². The van der Waals surface area contributed by atoms with Crippen molar-refractivity contribution >= 4 is 28.9 Å². The summed E-state index contributed by atoms with van der Waals surface area (Å²) in [5, 5.41) is 19.1. The standard InChI is InChI=1S/C13H16N4O4/c1-2-14-13(19)7-15-10-5-8-3-4-12(18)16-9(8)6-11(10)17(20)21/h5-6,15H,2-4,7H2,1H3,(H,14,19)(H,16,18). The number of nitro groups is 1. The topological polar surface area (TPSA) is 113 Å². The lowest BCUT2D eigenvalue weighted by molar-refractivity contribution is -0.383. The molecule has 8 heteroatoms. The number of fused-ring (bicyclic) bond motifs is 1. The molecule has 0 saturated heterocycles. The van der Waals surface area contributed by atoms with Gasteiger partial charge in [0.2, 0.25) is 11.8 Å². The smallest absolute Gasteiger partial charge is 0.294 e. The number of amides is 2. The van der Waals surface area contributed by atoms with E-state index in [4.69, 9.17) is 0 Å². The van der Waals surface area contributed by atoms with Crippen LogP contribution in [0.25, 0.3) is 0 Å². The SMILES string of the molecule is CCNC(=O)CNc1cc2c(cc1[N+](=O)[O-])NC(=O)CC2. The fourth-order valence-corrected chi connectivity index (χ4v) is 2.15. The van der Waals surface area contributed by atoms with Gasteiger partial charge in [-0.05, 0) is 25.0 Å². The molecule has 0 spiro atoms. The number of nitrogens with one attached hydrogen (secondary N) is 3. The lowest BCUT2D eigenvalue weighted by atomic mass is 10.0. The first-order valence-electron chi connectivity index (χ1n) is 6.63. The highest BCUT2D eigenvalue weighted by atomic mass is 16.6. The number of benzene rings is 1. The van der Waals surface area contributed by atoms with Crippen LogP contribution in [0, 0.1) is 10.1 Å². The van der Waals surface area contributed by atoms with Crippen molar-refractivity contribution in [3.63, 3.8) is 0 Å². The molecule has 0 radical (unpaired) electrons. The van der Waals surface area contributed by atoms with Crippen LogP contribution in [0.15, 0.2) is 12.1 Å². The maximum atomic E-state index is 11.4. The van der Waals surface area contributed by atoms with Gasteiger partial charge in [0.1, 0.15) is 5.69 Å². The van der Waals surface area contributed by atoms with Gasteiger partial charge in [0.05, 0.1) is 17.2 Å². The molecular formula is C13H16N4O4. The van der Waals surface area contributed by atoms with Gasteiger partial charge in [0.25, 0.3) is 5.69 Å². The molecule has 8 nitrogen and oxygen atoms in total. The van der Waals surface area contributed by atoms with E-state index in [1.54, 1.807) is 13.0 Å². The quantitative estimate of drug-likeness (QED) is 0.554. The first-order chi connectivity index (χ1) is 10.0. The Balaban J connectivity index is 2.25. The molecule has 0 aromatic heterocycles. The lowest BCUT2D eigenvalue weighted by Gasteiger charge is -2.18. The fourth-order valence-electron chi connectivity index (χ4n) is 2.15. The van der Waals surface area contributed by atoms with E-state index < -0.39 is 4.92 Å². The van der Waals surface area contributed by atoms with Crippen molar-refractivity contribution in [1.29, 1.82) is 0 Å². The molecular weight excluding hydrogens is 276 g/mol. The summed E-state index contributed by atoms with van der Waals surface area (Å²) < 4.78 is 0. The average molecular weight is 292 g/mol. The number of nitrogens with zero attached hydrogens (tertiary/aromatic N) is 1. The van der Waals surface area contributed by atoms with E-state index in [9.17, 15) is 19.7 Å². The summed E-state index contributed by atoms with van der Waals surface area (Å²) in [7, 11) is 0. The molecule has 0 aliphatic carbocycles. The van der Waals surface area contributed by atoms with Crippen molar-refractivity contribution in [2.24, 2.45) is 0 Å². The van der Waals surface area contributed by atoms with Gasteiger partial charge in [0, 0.05) is 19.0 Å². The maximum Gasteiger partial charge on any atom is 0.294 e. The van der Waals surface area contributed by atoms with Gasteiger partial charge in [-0.1, -0.05) is 0 Å². The van der Waals surface area contributed by atoms with E-state index in [0.717, 1.165) is 5.56 Å². The van der Waals surface area contributed by atoms with E-state index in [0.29, 0.717) is 25.1 Å².